The van der Waals surface area contributed by atoms with E-state index >= 15 is 0 Å². The number of rotatable bonds is 3. The predicted octanol–water partition coefficient (Wildman–Crippen LogP) is 1.15. The van der Waals surface area contributed by atoms with Gasteiger partial charge in [0.15, 0.2) is 0 Å². The number of amides is 1. The fourth-order valence-corrected chi connectivity index (χ4v) is 2.16. The first-order valence-electron chi connectivity index (χ1n) is 6.29. The third kappa shape index (κ3) is 2.54. The van der Waals surface area contributed by atoms with Crippen LogP contribution in [0.25, 0.3) is 0 Å². The van der Waals surface area contributed by atoms with Crippen molar-refractivity contribution in [1.82, 2.24) is 5.32 Å². The number of carbonyl (C=O) groups is 1. The van der Waals surface area contributed by atoms with Gasteiger partial charge in [-0.3, -0.25) is 4.79 Å². The van der Waals surface area contributed by atoms with Crippen molar-refractivity contribution < 1.29 is 9.53 Å². The monoisotopic (exact) mass is 248 g/mol. The van der Waals surface area contributed by atoms with E-state index in [1.54, 1.807) is 6.92 Å². The van der Waals surface area contributed by atoms with Crippen LogP contribution in [-0.4, -0.2) is 24.7 Å². The van der Waals surface area contributed by atoms with Gasteiger partial charge in [-0.05, 0) is 25.8 Å². The molecule has 0 aromatic heterocycles. The molecule has 1 amide bonds. The van der Waals surface area contributed by atoms with Crippen LogP contribution in [0.2, 0.25) is 0 Å². The van der Waals surface area contributed by atoms with Crippen molar-refractivity contribution in [3.8, 4) is 0 Å². The average Bonchev–Trinajstić information content (AvgIpc) is 2.76. The normalized spacial score (nSPS) is 26.6. The predicted molar refractivity (Wildman–Crippen MR) is 69.9 cm³/mol. The topological polar surface area (TPSA) is 64.3 Å². The Morgan fingerprint density at radius 2 is 2.11 bits per heavy atom. The summed E-state index contributed by atoms with van der Waals surface area (Å²) in [6, 6.07) is 9.47. The Hall–Kier alpha value is -1.39. The van der Waals surface area contributed by atoms with E-state index in [1.165, 1.54) is 0 Å². The number of ether oxygens (including phenoxy) is 1. The van der Waals surface area contributed by atoms with Crippen LogP contribution in [0.4, 0.5) is 0 Å². The van der Waals surface area contributed by atoms with Crippen molar-refractivity contribution in [2.75, 3.05) is 6.61 Å². The Labute approximate surface area is 108 Å². The third-order valence-corrected chi connectivity index (χ3v) is 3.54. The van der Waals surface area contributed by atoms with Crippen LogP contribution in [0.5, 0.6) is 0 Å². The summed E-state index contributed by atoms with van der Waals surface area (Å²) in [5.74, 6) is -0.156. The number of hydrogen-bond acceptors (Lipinski definition) is 3. The van der Waals surface area contributed by atoms with Gasteiger partial charge in [0.1, 0.15) is 5.54 Å². The molecular weight excluding hydrogens is 228 g/mol. The minimum atomic E-state index is -1.01. The Morgan fingerprint density at radius 3 is 2.67 bits per heavy atom. The molecule has 0 radical (unpaired) electrons. The van der Waals surface area contributed by atoms with Gasteiger partial charge in [0, 0.05) is 6.61 Å². The van der Waals surface area contributed by atoms with E-state index < -0.39 is 5.54 Å². The maximum absolute atomic E-state index is 12.3. The molecule has 1 aromatic rings. The van der Waals surface area contributed by atoms with E-state index in [0.717, 1.165) is 12.0 Å². The minimum Gasteiger partial charge on any atom is -0.376 e. The second-order valence-corrected chi connectivity index (χ2v) is 5.01. The molecule has 2 rings (SSSR count). The summed E-state index contributed by atoms with van der Waals surface area (Å²) in [5.41, 5.74) is 5.96. The van der Waals surface area contributed by atoms with E-state index in [2.05, 4.69) is 5.32 Å². The molecule has 18 heavy (non-hydrogen) atoms. The lowest BCUT2D eigenvalue weighted by Gasteiger charge is -2.27. The molecule has 1 aliphatic rings. The Morgan fingerprint density at radius 1 is 1.44 bits per heavy atom. The van der Waals surface area contributed by atoms with Crippen LogP contribution < -0.4 is 11.1 Å². The van der Waals surface area contributed by atoms with Crippen molar-refractivity contribution in [2.45, 2.75) is 38.0 Å². The molecule has 3 atom stereocenters. The van der Waals surface area contributed by atoms with Crippen LogP contribution in [-0.2, 0) is 15.1 Å². The molecule has 1 fully saturated rings. The smallest absolute Gasteiger partial charge is 0.244 e. The van der Waals surface area contributed by atoms with Crippen molar-refractivity contribution in [3.05, 3.63) is 35.9 Å². The van der Waals surface area contributed by atoms with E-state index in [-0.39, 0.29) is 18.1 Å². The van der Waals surface area contributed by atoms with Gasteiger partial charge in [-0.25, -0.2) is 0 Å². The van der Waals surface area contributed by atoms with Gasteiger partial charge in [-0.1, -0.05) is 30.3 Å². The lowest BCUT2D eigenvalue weighted by Crippen LogP contribution is -2.53. The molecule has 1 aromatic carbocycles. The molecule has 0 bridgehead atoms. The van der Waals surface area contributed by atoms with Gasteiger partial charge >= 0.3 is 0 Å². The third-order valence-electron chi connectivity index (χ3n) is 3.54. The molecule has 3 N–H and O–H groups in total. The number of hydrogen-bond donors (Lipinski definition) is 2. The fraction of sp³-hybridized carbons (Fsp3) is 0.500. The largest absolute Gasteiger partial charge is 0.376 e. The molecule has 3 unspecified atom stereocenters. The minimum absolute atomic E-state index is 0.0560. The van der Waals surface area contributed by atoms with Crippen LogP contribution >= 0.6 is 0 Å². The number of nitrogens with two attached hydrogens (primary N) is 1. The summed E-state index contributed by atoms with van der Waals surface area (Å²) >= 11 is 0. The van der Waals surface area contributed by atoms with Crippen molar-refractivity contribution in [1.29, 1.82) is 0 Å². The molecule has 1 saturated heterocycles. The second-order valence-electron chi connectivity index (χ2n) is 5.01. The fourth-order valence-electron chi connectivity index (χ4n) is 2.16. The highest BCUT2D eigenvalue weighted by molar-refractivity contribution is 5.87. The van der Waals surface area contributed by atoms with E-state index in [1.807, 2.05) is 37.3 Å². The zero-order chi connectivity index (χ0) is 13.2. The molecular formula is C14H20N2O2. The van der Waals surface area contributed by atoms with Gasteiger partial charge in [0.25, 0.3) is 0 Å². The van der Waals surface area contributed by atoms with Crippen LogP contribution in [0, 0.1) is 0 Å². The van der Waals surface area contributed by atoms with Crippen LogP contribution in [0.15, 0.2) is 30.3 Å². The van der Waals surface area contributed by atoms with Gasteiger partial charge < -0.3 is 15.8 Å². The highest BCUT2D eigenvalue weighted by atomic mass is 16.5. The van der Waals surface area contributed by atoms with Crippen molar-refractivity contribution in [3.63, 3.8) is 0 Å². The molecule has 1 aliphatic heterocycles. The molecule has 4 heteroatoms. The quantitative estimate of drug-likeness (QED) is 0.843. The van der Waals surface area contributed by atoms with E-state index in [4.69, 9.17) is 10.5 Å². The maximum atomic E-state index is 12.3. The molecule has 4 nitrogen and oxygen atoms in total. The van der Waals surface area contributed by atoms with Crippen LogP contribution in [0.1, 0.15) is 25.8 Å². The second kappa shape index (κ2) is 5.08. The first-order valence-corrected chi connectivity index (χ1v) is 6.29. The van der Waals surface area contributed by atoms with E-state index in [9.17, 15) is 4.79 Å². The van der Waals surface area contributed by atoms with Crippen molar-refractivity contribution >= 4 is 5.91 Å². The SMILES string of the molecule is CC1OCCC1NC(=O)C(C)(N)c1ccccc1. The summed E-state index contributed by atoms with van der Waals surface area (Å²) in [6.07, 6.45) is 0.901. The average molecular weight is 248 g/mol. The zero-order valence-electron chi connectivity index (χ0n) is 10.8. The first-order chi connectivity index (χ1) is 8.51. The summed E-state index contributed by atoms with van der Waals surface area (Å²) < 4.78 is 5.43. The molecule has 1 heterocycles. The molecule has 0 aliphatic carbocycles. The Bertz CT molecular complexity index is 417. The molecule has 0 spiro atoms. The summed E-state index contributed by atoms with van der Waals surface area (Å²) in [5, 5.41) is 2.98. The molecule has 98 valence electrons. The highest BCUT2D eigenvalue weighted by Crippen LogP contribution is 2.19. The van der Waals surface area contributed by atoms with Crippen LogP contribution in [0.3, 0.4) is 0 Å². The van der Waals surface area contributed by atoms with Gasteiger partial charge in [0.05, 0.1) is 12.1 Å². The number of carbonyl (C=O) groups excluding carboxylic acids is 1. The first kappa shape index (κ1) is 13.1. The van der Waals surface area contributed by atoms with Gasteiger partial charge in [0.2, 0.25) is 5.91 Å². The summed E-state index contributed by atoms with van der Waals surface area (Å²) in [4.78, 5) is 12.3. The number of nitrogens with one attached hydrogen (secondary N) is 1. The lowest BCUT2D eigenvalue weighted by atomic mass is 9.91. The lowest BCUT2D eigenvalue weighted by molar-refractivity contribution is -0.127. The summed E-state index contributed by atoms with van der Waals surface area (Å²) in [7, 11) is 0. The van der Waals surface area contributed by atoms with Gasteiger partial charge in [-0.15, -0.1) is 0 Å². The van der Waals surface area contributed by atoms with E-state index in [0.29, 0.717) is 6.61 Å². The van der Waals surface area contributed by atoms with Gasteiger partial charge in [-0.2, -0.15) is 0 Å². The Balaban J connectivity index is 2.08. The zero-order valence-corrected chi connectivity index (χ0v) is 10.8. The standard InChI is InChI=1S/C14H20N2O2/c1-10-12(8-9-18-10)16-13(17)14(2,15)11-6-4-3-5-7-11/h3-7,10,12H,8-9,15H2,1-2H3,(H,16,17). The maximum Gasteiger partial charge on any atom is 0.244 e. The highest BCUT2D eigenvalue weighted by Gasteiger charge is 2.34. The molecule has 0 saturated carbocycles. The Kier molecular flexibility index (Phi) is 3.68. The summed E-state index contributed by atoms with van der Waals surface area (Å²) in [6.45, 7) is 4.39. The number of benzene rings is 1. The van der Waals surface area contributed by atoms with Crippen molar-refractivity contribution in [2.24, 2.45) is 5.73 Å².